The molecule has 0 saturated heterocycles. The van der Waals surface area contributed by atoms with Crippen molar-refractivity contribution in [3.8, 4) is 6.07 Å². The molecule has 0 bridgehead atoms. The standard InChI is InChI=1S/C18H17N3O3S/c19-12-15-7-2-4-10-17(15)25(23,24)20-13-18(22)21-11-5-8-14-6-1-3-9-16(14)21/h1-4,6-7,9-10,20H,5,8,11,13H2. The van der Waals surface area contributed by atoms with Crippen LogP contribution < -0.4 is 9.62 Å². The predicted octanol–water partition coefficient (Wildman–Crippen LogP) is 1.82. The monoisotopic (exact) mass is 355 g/mol. The van der Waals surface area contributed by atoms with Crippen molar-refractivity contribution in [1.29, 1.82) is 5.26 Å². The van der Waals surface area contributed by atoms with Crippen molar-refractivity contribution in [1.82, 2.24) is 4.72 Å². The van der Waals surface area contributed by atoms with Crippen LogP contribution >= 0.6 is 0 Å². The van der Waals surface area contributed by atoms with E-state index in [1.165, 1.54) is 18.2 Å². The molecular weight excluding hydrogens is 338 g/mol. The molecule has 0 fully saturated rings. The Morgan fingerprint density at radius 1 is 1.16 bits per heavy atom. The maximum Gasteiger partial charge on any atom is 0.242 e. The second-order valence-corrected chi connectivity index (χ2v) is 7.45. The summed E-state index contributed by atoms with van der Waals surface area (Å²) in [6.07, 6.45) is 1.74. The van der Waals surface area contributed by atoms with Gasteiger partial charge in [0.15, 0.2) is 0 Å². The van der Waals surface area contributed by atoms with Crippen LogP contribution in [-0.4, -0.2) is 27.4 Å². The number of nitrogens with one attached hydrogen (secondary N) is 1. The summed E-state index contributed by atoms with van der Waals surface area (Å²) in [6, 6.07) is 15.4. The first-order valence-electron chi connectivity index (χ1n) is 7.90. The Morgan fingerprint density at radius 3 is 2.68 bits per heavy atom. The summed E-state index contributed by atoms with van der Waals surface area (Å²) in [5.41, 5.74) is 1.96. The van der Waals surface area contributed by atoms with Crippen LogP contribution in [0.3, 0.4) is 0 Å². The van der Waals surface area contributed by atoms with Gasteiger partial charge >= 0.3 is 0 Å². The molecule has 3 rings (SSSR count). The number of rotatable bonds is 4. The van der Waals surface area contributed by atoms with E-state index >= 15 is 0 Å². The molecule has 1 N–H and O–H groups in total. The molecule has 25 heavy (non-hydrogen) atoms. The van der Waals surface area contributed by atoms with E-state index in [-0.39, 0.29) is 22.9 Å². The third kappa shape index (κ3) is 3.55. The molecule has 0 radical (unpaired) electrons. The summed E-state index contributed by atoms with van der Waals surface area (Å²) < 4.78 is 27.1. The number of hydrogen-bond donors (Lipinski definition) is 1. The lowest BCUT2D eigenvalue weighted by Crippen LogP contribution is -2.42. The number of nitrogens with zero attached hydrogens (tertiary/aromatic N) is 2. The van der Waals surface area contributed by atoms with Crippen molar-refractivity contribution in [2.45, 2.75) is 17.7 Å². The Hall–Kier alpha value is -2.69. The largest absolute Gasteiger partial charge is 0.311 e. The smallest absolute Gasteiger partial charge is 0.242 e. The van der Waals surface area contributed by atoms with E-state index in [4.69, 9.17) is 5.26 Å². The number of sulfonamides is 1. The average Bonchev–Trinajstić information content (AvgIpc) is 2.65. The molecule has 6 nitrogen and oxygen atoms in total. The van der Waals surface area contributed by atoms with Gasteiger partial charge in [0.2, 0.25) is 15.9 Å². The van der Waals surface area contributed by atoms with E-state index in [9.17, 15) is 13.2 Å². The maximum absolute atomic E-state index is 12.5. The van der Waals surface area contributed by atoms with Crippen LogP contribution in [0.5, 0.6) is 0 Å². The van der Waals surface area contributed by atoms with Crippen LogP contribution in [0.4, 0.5) is 5.69 Å². The van der Waals surface area contributed by atoms with E-state index < -0.39 is 10.0 Å². The molecule has 0 unspecified atom stereocenters. The van der Waals surface area contributed by atoms with E-state index in [0.717, 1.165) is 24.1 Å². The maximum atomic E-state index is 12.5. The van der Waals surface area contributed by atoms with E-state index in [2.05, 4.69) is 4.72 Å². The first-order valence-corrected chi connectivity index (χ1v) is 9.38. The van der Waals surface area contributed by atoms with Crippen molar-refractivity contribution in [2.75, 3.05) is 18.0 Å². The van der Waals surface area contributed by atoms with Crippen LogP contribution in [0, 0.1) is 11.3 Å². The van der Waals surface area contributed by atoms with E-state index in [1.54, 1.807) is 11.0 Å². The third-order valence-electron chi connectivity index (χ3n) is 4.12. The molecule has 2 aromatic carbocycles. The van der Waals surface area contributed by atoms with Gasteiger partial charge in [0, 0.05) is 12.2 Å². The number of fused-ring (bicyclic) bond motifs is 1. The highest BCUT2D eigenvalue weighted by Gasteiger charge is 2.24. The fourth-order valence-corrected chi connectivity index (χ4v) is 4.05. The molecule has 7 heteroatoms. The van der Waals surface area contributed by atoms with Gasteiger partial charge in [-0.25, -0.2) is 13.1 Å². The Kier molecular flexibility index (Phi) is 4.83. The highest BCUT2D eigenvalue weighted by atomic mass is 32.2. The van der Waals surface area contributed by atoms with Crippen molar-refractivity contribution in [2.24, 2.45) is 0 Å². The van der Waals surface area contributed by atoms with Crippen LogP contribution in [0.2, 0.25) is 0 Å². The van der Waals surface area contributed by atoms with Gasteiger partial charge in [0.05, 0.1) is 17.0 Å². The lowest BCUT2D eigenvalue weighted by Gasteiger charge is -2.29. The van der Waals surface area contributed by atoms with Gasteiger partial charge in [0.25, 0.3) is 0 Å². The average molecular weight is 355 g/mol. The molecule has 2 aromatic rings. The number of nitriles is 1. The highest BCUT2D eigenvalue weighted by molar-refractivity contribution is 7.89. The normalized spacial score (nSPS) is 13.8. The first-order chi connectivity index (χ1) is 12.0. The third-order valence-corrected chi connectivity index (χ3v) is 5.58. The van der Waals surface area contributed by atoms with Crippen LogP contribution in [0.1, 0.15) is 17.5 Å². The second kappa shape index (κ2) is 7.05. The number of hydrogen-bond acceptors (Lipinski definition) is 4. The van der Waals surface area contributed by atoms with Crippen molar-refractivity contribution < 1.29 is 13.2 Å². The number of benzene rings is 2. The van der Waals surface area contributed by atoms with Gasteiger partial charge in [-0.15, -0.1) is 0 Å². The zero-order valence-electron chi connectivity index (χ0n) is 13.5. The highest BCUT2D eigenvalue weighted by Crippen LogP contribution is 2.26. The number of amides is 1. The fraction of sp³-hybridized carbons (Fsp3) is 0.222. The molecule has 0 aliphatic carbocycles. The lowest BCUT2D eigenvalue weighted by atomic mass is 10.0. The van der Waals surface area contributed by atoms with Gasteiger partial charge in [-0.1, -0.05) is 30.3 Å². The topological polar surface area (TPSA) is 90.3 Å². The Balaban J connectivity index is 1.76. The van der Waals surface area contributed by atoms with Crippen LogP contribution in [-0.2, 0) is 21.2 Å². The molecule has 0 saturated carbocycles. The number of anilines is 1. The lowest BCUT2D eigenvalue weighted by molar-refractivity contribution is -0.117. The van der Waals surface area contributed by atoms with Gasteiger partial charge in [-0.3, -0.25) is 4.79 Å². The van der Waals surface area contributed by atoms with Crippen molar-refractivity contribution in [3.63, 3.8) is 0 Å². The molecule has 0 aromatic heterocycles. The minimum atomic E-state index is -3.93. The van der Waals surface area contributed by atoms with Crippen molar-refractivity contribution in [3.05, 3.63) is 59.7 Å². The van der Waals surface area contributed by atoms with Crippen molar-refractivity contribution >= 4 is 21.6 Å². The minimum absolute atomic E-state index is 0.0470. The molecule has 1 aliphatic rings. The zero-order valence-corrected chi connectivity index (χ0v) is 14.3. The summed E-state index contributed by atoms with van der Waals surface area (Å²) in [5.74, 6) is -0.315. The SMILES string of the molecule is N#Cc1ccccc1S(=O)(=O)NCC(=O)N1CCCc2ccccc21. The van der Waals surface area contributed by atoms with E-state index in [0.29, 0.717) is 6.54 Å². The molecular formula is C18H17N3O3S. The summed E-state index contributed by atoms with van der Waals surface area (Å²) >= 11 is 0. The predicted molar refractivity (Wildman–Crippen MR) is 93.5 cm³/mol. The summed E-state index contributed by atoms with van der Waals surface area (Å²) in [6.45, 7) is 0.211. The molecule has 128 valence electrons. The van der Waals surface area contributed by atoms with Gasteiger partial charge < -0.3 is 4.90 Å². The number of carbonyl (C=O) groups is 1. The van der Waals surface area contributed by atoms with E-state index in [1.807, 2.05) is 30.3 Å². The molecule has 0 atom stereocenters. The summed E-state index contributed by atoms with van der Waals surface area (Å²) in [5, 5.41) is 9.05. The molecule has 1 aliphatic heterocycles. The molecule has 1 amide bonds. The number of aryl methyl sites for hydroxylation is 1. The second-order valence-electron chi connectivity index (χ2n) is 5.71. The van der Waals surface area contributed by atoms with Gasteiger partial charge in [-0.05, 0) is 36.6 Å². The Morgan fingerprint density at radius 2 is 1.88 bits per heavy atom. The van der Waals surface area contributed by atoms with Gasteiger partial charge in [-0.2, -0.15) is 5.26 Å². The van der Waals surface area contributed by atoms with Gasteiger partial charge in [0.1, 0.15) is 6.07 Å². The quantitative estimate of drug-likeness (QED) is 0.906. The molecule has 0 spiro atoms. The number of carbonyl (C=O) groups excluding carboxylic acids is 1. The fourth-order valence-electron chi connectivity index (χ4n) is 2.92. The first kappa shape index (κ1) is 17.1. The minimum Gasteiger partial charge on any atom is -0.311 e. The Labute approximate surface area is 146 Å². The summed E-state index contributed by atoms with van der Waals surface area (Å²) in [4.78, 5) is 14.0. The Bertz CT molecular complexity index is 948. The number of para-hydroxylation sites is 1. The molecule has 1 heterocycles. The van der Waals surface area contributed by atoms with Crippen LogP contribution in [0.25, 0.3) is 0 Å². The summed E-state index contributed by atoms with van der Waals surface area (Å²) in [7, 11) is -3.93. The zero-order chi connectivity index (χ0) is 17.9. The van der Waals surface area contributed by atoms with Crippen LogP contribution in [0.15, 0.2) is 53.4 Å².